The standard InChI is InChI=1S/C21H20N6O.Tl/c1-3-19-18(21(28)23-13(2)22-19)12-14-8-10-15(11-9-14)16-6-4-5-7-17(16)20-24-26-27-25-20;/h4-11H,3,12H2,1-2H3,(H2,22,23,24,25,26,27,28);/q;+1/p-1. The summed E-state index contributed by atoms with van der Waals surface area (Å²) in [6.45, 7) is 3.84. The second-order valence-electron chi connectivity index (χ2n) is 6.80. The van der Waals surface area contributed by atoms with Gasteiger partial charge in [0.15, 0.2) is 0 Å². The molecule has 0 aliphatic heterocycles. The number of aryl methyl sites for hydroxylation is 2. The van der Waals surface area contributed by atoms with Gasteiger partial charge in [0.2, 0.25) is 0 Å². The summed E-state index contributed by atoms with van der Waals surface area (Å²) in [7, 11) is 0. The molecular formula is C21H19N6OTl. The number of benzene rings is 2. The number of nitrogens with one attached hydrogen (secondary N) is 1. The number of rotatable bonds is 5. The van der Waals surface area contributed by atoms with E-state index in [0.29, 0.717) is 38.3 Å². The number of H-pyrrole nitrogens is 1. The van der Waals surface area contributed by atoms with Crippen LogP contribution < -0.4 is 5.56 Å². The number of aromatic nitrogens is 6. The second-order valence-corrected chi connectivity index (χ2v) is 8.70. The van der Waals surface area contributed by atoms with E-state index < -0.39 is 0 Å². The molecule has 2 aromatic carbocycles. The van der Waals surface area contributed by atoms with Gasteiger partial charge in [-0.15, -0.1) is 0 Å². The van der Waals surface area contributed by atoms with Crippen LogP contribution in [0.5, 0.6) is 0 Å². The molecule has 0 amide bonds. The van der Waals surface area contributed by atoms with Crippen molar-refractivity contribution in [1.29, 1.82) is 0 Å². The summed E-state index contributed by atoms with van der Waals surface area (Å²) in [6.07, 6.45) is 1.30. The zero-order valence-electron chi connectivity index (χ0n) is 16.3. The van der Waals surface area contributed by atoms with Gasteiger partial charge in [-0.2, -0.15) is 0 Å². The van der Waals surface area contributed by atoms with Crippen LogP contribution in [0.15, 0.2) is 53.3 Å². The second kappa shape index (κ2) is 8.36. The predicted molar refractivity (Wildman–Crippen MR) is 112 cm³/mol. The van der Waals surface area contributed by atoms with E-state index in [2.05, 4.69) is 55.8 Å². The normalized spacial score (nSPS) is 10.9. The Morgan fingerprint density at radius 1 is 1.07 bits per heavy atom. The molecule has 0 radical (unpaired) electrons. The van der Waals surface area contributed by atoms with Crippen molar-refractivity contribution in [3.63, 3.8) is 0 Å². The summed E-state index contributed by atoms with van der Waals surface area (Å²) in [4.78, 5) is 19.7. The Morgan fingerprint density at radius 3 is 2.45 bits per heavy atom. The Morgan fingerprint density at radius 2 is 1.79 bits per heavy atom. The molecule has 0 aliphatic rings. The van der Waals surface area contributed by atoms with Gasteiger partial charge in [-0.05, 0) is 6.92 Å². The van der Waals surface area contributed by atoms with Gasteiger partial charge in [-0.3, -0.25) is 0 Å². The minimum absolute atomic E-state index is 0.0523. The maximum absolute atomic E-state index is 12.4. The third-order valence-corrected chi connectivity index (χ3v) is 6.21. The molecule has 0 saturated carbocycles. The molecule has 0 saturated heterocycles. The zero-order valence-corrected chi connectivity index (χ0v) is 20.7. The van der Waals surface area contributed by atoms with Gasteiger partial charge in [0.1, 0.15) is 5.82 Å². The van der Waals surface area contributed by atoms with Crippen LogP contribution in [0.25, 0.3) is 22.5 Å². The van der Waals surface area contributed by atoms with Crippen molar-refractivity contribution in [3.05, 3.63) is 81.5 Å². The van der Waals surface area contributed by atoms with Crippen molar-refractivity contribution in [1.82, 2.24) is 28.0 Å². The van der Waals surface area contributed by atoms with Crippen molar-refractivity contribution in [2.24, 2.45) is 0 Å². The Balaban J connectivity index is 1.67. The Bertz CT molecular complexity index is 1210. The number of hydrogen-bond donors (Lipinski definition) is 1. The summed E-state index contributed by atoms with van der Waals surface area (Å²) < 4.78 is 1.83. The Kier molecular flexibility index (Phi) is 5.65. The van der Waals surface area contributed by atoms with Crippen molar-refractivity contribution in [3.8, 4) is 22.5 Å². The molecule has 4 rings (SSSR count). The fourth-order valence-electron chi connectivity index (χ4n) is 3.45. The van der Waals surface area contributed by atoms with E-state index in [1.807, 2.05) is 34.5 Å². The molecule has 0 bridgehead atoms. The van der Waals surface area contributed by atoms with E-state index in [-0.39, 0.29) is 5.56 Å². The molecule has 4 aromatic rings. The quantitative estimate of drug-likeness (QED) is 0.370. The van der Waals surface area contributed by atoms with Crippen LogP contribution >= 0.6 is 0 Å². The first-order chi connectivity index (χ1) is 14.1. The molecule has 1 N–H and O–H groups in total. The van der Waals surface area contributed by atoms with Gasteiger partial charge in [0.05, 0.1) is 0 Å². The van der Waals surface area contributed by atoms with Crippen LogP contribution in [0.4, 0.5) is 0 Å². The molecular weight excluding hydrogens is 557 g/mol. The SMILES string of the molecule is CCc1nc(C)[nH]c(=O)c1Cc1ccc(-c2ccccc2-c2nnn[n]2[Tl])cc1. The van der Waals surface area contributed by atoms with Gasteiger partial charge in [0, 0.05) is 0 Å². The molecule has 0 aliphatic carbocycles. The van der Waals surface area contributed by atoms with Crippen LogP contribution in [-0.4, -0.2) is 54.1 Å². The molecule has 0 spiro atoms. The molecule has 0 atom stereocenters. The first-order valence-corrected chi connectivity index (χ1v) is 11.4. The molecule has 2 aromatic heterocycles. The van der Waals surface area contributed by atoms with Gasteiger partial charge < -0.3 is 0 Å². The Labute approximate surface area is 184 Å². The monoisotopic (exact) mass is 576 g/mol. The molecule has 8 heteroatoms. The number of nitrogens with zero attached hydrogens (tertiary/aromatic N) is 5. The zero-order chi connectivity index (χ0) is 20.4. The first-order valence-electron chi connectivity index (χ1n) is 9.37. The summed E-state index contributed by atoms with van der Waals surface area (Å²) in [5, 5.41) is 12.0. The van der Waals surface area contributed by atoms with Crippen LogP contribution in [-0.2, 0) is 12.8 Å². The van der Waals surface area contributed by atoms with Gasteiger partial charge in [-0.1, -0.05) is 6.92 Å². The van der Waals surface area contributed by atoms with E-state index in [4.69, 9.17) is 0 Å². The molecule has 2 heterocycles. The molecule has 0 fully saturated rings. The molecule has 7 nitrogen and oxygen atoms in total. The van der Waals surface area contributed by atoms with E-state index in [9.17, 15) is 4.79 Å². The number of hydrogen-bond acceptors (Lipinski definition) is 5. The Hall–Kier alpha value is -2.69. The van der Waals surface area contributed by atoms with Crippen LogP contribution in [0.1, 0.15) is 29.6 Å². The molecule has 0 unspecified atom stereocenters. The summed E-state index contributed by atoms with van der Waals surface area (Å²) >= 11 is 0.495. The minimum atomic E-state index is -0.0523. The number of aromatic amines is 1. The van der Waals surface area contributed by atoms with Crippen molar-refractivity contribution in [2.75, 3.05) is 0 Å². The fraction of sp³-hybridized carbons (Fsp3) is 0.190. The van der Waals surface area contributed by atoms with E-state index in [1.54, 1.807) is 0 Å². The maximum atomic E-state index is 12.4. The van der Waals surface area contributed by atoms with E-state index in [1.165, 1.54) is 0 Å². The van der Waals surface area contributed by atoms with Crippen molar-refractivity contribution < 1.29 is 0 Å². The third kappa shape index (κ3) is 4.05. The van der Waals surface area contributed by atoms with Crippen molar-refractivity contribution in [2.45, 2.75) is 26.7 Å². The summed E-state index contributed by atoms with van der Waals surface area (Å²) in [5.41, 5.74) is 5.81. The van der Waals surface area contributed by atoms with Gasteiger partial charge in [-0.25, -0.2) is 0 Å². The van der Waals surface area contributed by atoms with Crippen LogP contribution in [0.2, 0.25) is 0 Å². The van der Waals surface area contributed by atoms with Gasteiger partial charge >= 0.3 is 165 Å². The molecule has 29 heavy (non-hydrogen) atoms. The average molecular weight is 576 g/mol. The topological polar surface area (TPSA) is 89.3 Å². The fourth-order valence-corrected chi connectivity index (χ4v) is 4.37. The van der Waals surface area contributed by atoms with E-state index >= 15 is 0 Å². The van der Waals surface area contributed by atoms with E-state index in [0.717, 1.165) is 45.8 Å². The summed E-state index contributed by atoms with van der Waals surface area (Å²) in [6, 6.07) is 16.4. The third-order valence-electron chi connectivity index (χ3n) is 4.86. The first kappa shape index (κ1) is 19.6. The van der Waals surface area contributed by atoms with Crippen LogP contribution in [0, 0.1) is 6.92 Å². The van der Waals surface area contributed by atoms with Crippen LogP contribution in [0.3, 0.4) is 0 Å². The average Bonchev–Trinajstić information content (AvgIpc) is 3.16. The predicted octanol–water partition coefficient (Wildman–Crippen LogP) is 2.48. The summed E-state index contributed by atoms with van der Waals surface area (Å²) in [5.74, 6) is 1.45. The van der Waals surface area contributed by atoms with Crippen molar-refractivity contribution >= 4 is 26.1 Å². The van der Waals surface area contributed by atoms with Gasteiger partial charge in [0.25, 0.3) is 0 Å². The number of tetrazole rings is 1. The molecule has 142 valence electrons.